The van der Waals surface area contributed by atoms with E-state index in [2.05, 4.69) is 20.8 Å². The molecule has 1 unspecified atom stereocenters. The topological polar surface area (TPSA) is 40.2 Å². The normalized spacial score (nSPS) is 27.6. The third-order valence-corrected chi connectivity index (χ3v) is 6.71. The fraction of sp³-hybridized carbons (Fsp3) is 0.538. The summed E-state index contributed by atoms with van der Waals surface area (Å²) in [5.41, 5.74) is 0. The van der Waals surface area contributed by atoms with Gasteiger partial charge in [0, 0.05) is 0 Å². The molecule has 1 radical (unpaired) electrons. The molecule has 3 aliphatic rings. The molecule has 0 aliphatic carbocycles. The number of hydrogen-bond acceptors (Lipinski definition) is 5. The molecule has 0 N–H and O–H groups in total. The average Bonchev–Trinajstić information content (AvgIpc) is 2.37. The second-order valence-corrected chi connectivity index (χ2v) is 8.42. The first-order valence-electron chi connectivity index (χ1n) is 6.69. The third kappa shape index (κ3) is 4.19. The summed E-state index contributed by atoms with van der Waals surface area (Å²) in [5.74, 6) is 0.853. The van der Waals surface area contributed by atoms with Gasteiger partial charge < -0.3 is 0 Å². The monoisotopic (exact) mass is 404 g/mol. The van der Waals surface area contributed by atoms with Crippen LogP contribution in [0, 0.1) is 0 Å². The van der Waals surface area contributed by atoms with Crippen LogP contribution < -0.4 is 4.74 Å². The van der Waals surface area contributed by atoms with E-state index in [0.717, 1.165) is 43.1 Å². The summed E-state index contributed by atoms with van der Waals surface area (Å²) < 4.78 is 24.1. The van der Waals surface area contributed by atoms with E-state index < -0.39 is 15.4 Å². The average molecular weight is 404 g/mol. The molecule has 2 bridgehead atoms. The van der Waals surface area contributed by atoms with Crippen molar-refractivity contribution in [1.29, 1.82) is 0 Å². The zero-order valence-electron chi connectivity index (χ0n) is 11.1. The first-order valence-corrected chi connectivity index (χ1v) is 10.1. The Balaban J connectivity index is 1.57. The summed E-state index contributed by atoms with van der Waals surface area (Å²) in [6.45, 7) is 4.77. The molecular formula is C13H17BrGeNO4. The minimum absolute atomic E-state index is 0.0225. The maximum absolute atomic E-state index is 5.95. The van der Waals surface area contributed by atoms with Gasteiger partial charge in [0.05, 0.1) is 0 Å². The van der Waals surface area contributed by atoms with Crippen LogP contribution in [0.4, 0.5) is 0 Å². The fourth-order valence-electron chi connectivity index (χ4n) is 2.19. The Hall–Kier alpha value is -0.117. The van der Waals surface area contributed by atoms with E-state index in [1.54, 1.807) is 0 Å². The summed E-state index contributed by atoms with van der Waals surface area (Å²) in [6, 6.07) is 7.83. The Labute approximate surface area is 132 Å². The molecule has 20 heavy (non-hydrogen) atoms. The van der Waals surface area contributed by atoms with Crippen molar-refractivity contribution in [2.45, 2.75) is 6.10 Å². The van der Waals surface area contributed by atoms with Crippen molar-refractivity contribution in [2.75, 3.05) is 39.5 Å². The summed E-state index contributed by atoms with van der Waals surface area (Å²) in [7, 11) is 0. The van der Waals surface area contributed by atoms with Gasteiger partial charge in [0.1, 0.15) is 0 Å². The summed E-state index contributed by atoms with van der Waals surface area (Å²) in [6.07, 6.45) is 0.0225. The summed E-state index contributed by atoms with van der Waals surface area (Å²) in [4.78, 5) is 2.31. The quantitative estimate of drug-likeness (QED) is 0.716. The van der Waals surface area contributed by atoms with Crippen LogP contribution >= 0.6 is 15.9 Å². The van der Waals surface area contributed by atoms with Gasteiger partial charge in [0.25, 0.3) is 0 Å². The summed E-state index contributed by atoms with van der Waals surface area (Å²) >= 11 is 1.16. The van der Waals surface area contributed by atoms with Gasteiger partial charge in [0.15, 0.2) is 0 Å². The number of rotatable bonds is 3. The van der Waals surface area contributed by atoms with E-state index >= 15 is 0 Å². The van der Waals surface area contributed by atoms with Crippen LogP contribution in [-0.4, -0.2) is 65.8 Å². The second-order valence-electron chi connectivity index (χ2n) is 4.75. The molecule has 0 saturated carbocycles. The van der Waals surface area contributed by atoms with Gasteiger partial charge in [-0.15, -0.1) is 0 Å². The van der Waals surface area contributed by atoms with Crippen molar-refractivity contribution >= 4 is 31.3 Å². The Morgan fingerprint density at radius 3 is 2.60 bits per heavy atom. The van der Waals surface area contributed by atoms with Gasteiger partial charge in [-0.25, -0.2) is 0 Å². The van der Waals surface area contributed by atoms with Gasteiger partial charge in [-0.1, -0.05) is 0 Å². The molecule has 1 aromatic rings. The van der Waals surface area contributed by atoms with Crippen LogP contribution in [0.15, 0.2) is 28.7 Å². The first-order chi connectivity index (χ1) is 9.79. The SMILES string of the molecule is Brc1ccc(OCC2CN3CC[O][Ge]([O]CC3)[O]2)cc1. The van der Waals surface area contributed by atoms with Gasteiger partial charge in [-0.2, -0.15) is 0 Å². The van der Waals surface area contributed by atoms with Crippen molar-refractivity contribution in [1.82, 2.24) is 4.90 Å². The van der Waals surface area contributed by atoms with Gasteiger partial charge in [-0.3, -0.25) is 0 Å². The van der Waals surface area contributed by atoms with Crippen molar-refractivity contribution in [3.63, 3.8) is 0 Å². The van der Waals surface area contributed by atoms with Crippen molar-refractivity contribution < 1.29 is 16.0 Å². The van der Waals surface area contributed by atoms with E-state index in [9.17, 15) is 0 Å². The molecule has 1 atom stereocenters. The van der Waals surface area contributed by atoms with E-state index in [-0.39, 0.29) is 6.10 Å². The maximum atomic E-state index is 5.95. The second kappa shape index (κ2) is 7.24. The number of benzene rings is 1. The fourth-order valence-corrected chi connectivity index (χ4v) is 4.87. The van der Waals surface area contributed by atoms with Crippen molar-refractivity contribution in [2.24, 2.45) is 0 Å². The van der Waals surface area contributed by atoms with Crippen LogP contribution in [0.1, 0.15) is 0 Å². The Morgan fingerprint density at radius 1 is 1.20 bits per heavy atom. The van der Waals surface area contributed by atoms with Gasteiger partial charge >= 0.3 is 132 Å². The number of halogens is 1. The molecule has 109 valence electrons. The third-order valence-electron chi connectivity index (χ3n) is 3.23. The Morgan fingerprint density at radius 2 is 1.90 bits per heavy atom. The van der Waals surface area contributed by atoms with Gasteiger partial charge in [-0.05, 0) is 0 Å². The number of nitrogens with zero attached hydrogens (tertiary/aromatic N) is 1. The number of hydrogen-bond donors (Lipinski definition) is 0. The molecule has 1 aromatic carbocycles. The Bertz CT molecular complexity index is 409. The van der Waals surface area contributed by atoms with Crippen LogP contribution in [0.3, 0.4) is 0 Å². The van der Waals surface area contributed by atoms with E-state index in [1.807, 2.05) is 24.3 Å². The predicted octanol–water partition coefficient (Wildman–Crippen LogP) is 1.56. The van der Waals surface area contributed by atoms with Crippen molar-refractivity contribution in [3.8, 4) is 5.75 Å². The van der Waals surface area contributed by atoms with Crippen LogP contribution in [0.5, 0.6) is 5.75 Å². The molecule has 4 rings (SSSR count). The minimum atomic E-state index is -2.25. The number of ether oxygens (including phenoxy) is 1. The molecule has 3 heterocycles. The van der Waals surface area contributed by atoms with E-state index in [4.69, 9.17) is 16.0 Å². The van der Waals surface area contributed by atoms with Gasteiger partial charge in [0.2, 0.25) is 0 Å². The standard InChI is InChI=1S/C13H17BrGeNO4/c14-11-1-3-12(4-2-11)17-10-13-9-16-5-7-18-15(20-13)19-8-6-16/h1-4,13H,5-10H2. The van der Waals surface area contributed by atoms with Crippen molar-refractivity contribution in [3.05, 3.63) is 28.7 Å². The molecule has 3 fully saturated rings. The van der Waals surface area contributed by atoms with Crippen LogP contribution in [0.2, 0.25) is 0 Å². The molecule has 0 spiro atoms. The van der Waals surface area contributed by atoms with E-state index in [1.165, 1.54) is 0 Å². The first kappa shape index (κ1) is 14.8. The molecular weight excluding hydrogens is 387 g/mol. The zero-order chi connectivity index (χ0) is 13.8. The van der Waals surface area contributed by atoms with Crippen LogP contribution in [-0.2, 0) is 11.3 Å². The van der Waals surface area contributed by atoms with E-state index in [0.29, 0.717) is 6.61 Å². The molecule has 0 amide bonds. The molecule has 3 aliphatic heterocycles. The number of fused-ring (bicyclic) bond motifs is 6. The molecule has 5 nitrogen and oxygen atoms in total. The van der Waals surface area contributed by atoms with Crippen LogP contribution in [0.25, 0.3) is 0 Å². The zero-order valence-corrected chi connectivity index (χ0v) is 14.8. The Kier molecular flexibility index (Phi) is 5.36. The molecule has 0 aromatic heterocycles. The molecule has 7 heteroatoms. The predicted molar refractivity (Wildman–Crippen MR) is 78.6 cm³/mol. The summed E-state index contributed by atoms with van der Waals surface area (Å²) in [5, 5.41) is 0. The molecule has 3 saturated heterocycles.